The van der Waals surface area contributed by atoms with Gasteiger partial charge in [-0.2, -0.15) is 0 Å². The predicted molar refractivity (Wildman–Crippen MR) is 171 cm³/mol. The van der Waals surface area contributed by atoms with Crippen molar-refractivity contribution in [3.8, 4) is 5.75 Å². The maximum atomic E-state index is 13.6. The van der Waals surface area contributed by atoms with E-state index in [-0.39, 0.29) is 42.7 Å². The SMILES string of the molecule is CC(O)C(NC(=O)C1=CC2OC(C3CC3)(C3CC3)OC2C(OC(=O)c2cccc(C=CCc3ccccc3O)c2)C1)C(=O)NCCO. The number of carbonyl (C=O) groups excluding carboxylic acids is 3. The number of hydrogen-bond acceptors (Lipinski definition) is 9. The molecule has 0 spiro atoms. The van der Waals surface area contributed by atoms with E-state index in [9.17, 15) is 24.6 Å². The van der Waals surface area contributed by atoms with E-state index in [1.54, 1.807) is 36.4 Å². The molecule has 1 heterocycles. The lowest BCUT2D eigenvalue weighted by molar-refractivity contribution is -0.209. The largest absolute Gasteiger partial charge is 0.508 e. The van der Waals surface area contributed by atoms with Gasteiger partial charge in [0.2, 0.25) is 11.8 Å². The van der Waals surface area contributed by atoms with E-state index < -0.39 is 54.0 Å². The van der Waals surface area contributed by atoms with Crippen molar-refractivity contribution in [1.82, 2.24) is 10.6 Å². The molecule has 0 bridgehead atoms. The molecular formula is C36H42N2O9. The fraction of sp³-hybridized carbons (Fsp3) is 0.472. The zero-order valence-electron chi connectivity index (χ0n) is 26.3. The molecule has 3 fully saturated rings. The van der Waals surface area contributed by atoms with Gasteiger partial charge < -0.3 is 40.2 Å². The number of aliphatic hydroxyl groups excluding tert-OH is 2. The summed E-state index contributed by atoms with van der Waals surface area (Å²) in [4.78, 5) is 39.7. The first-order valence-corrected chi connectivity index (χ1v) is 16.4. The lowest BCUT2D eigenvalue weighted by atomic mass is 9.91. The summed E-state index contributed by atoms with van der Waals surface area (Å²) in [7, 11) is 0. The molecule has 5 atom stereocenters. The van der Waals surface area contributed by atoms with Crippen molar-refractivity contribution >= 4 is 23.9 Å². The van der Waals surface area contributed by atoms with E-state index in [1.165, 1.54) is 6.92 Å². The third-order valence-corrected chi connectivity index (χ3v) is 9.18. The molecule has 2 amide bonds. The molecule has 2 aromatic rings. The second kappa shape index (κ2) is 14.0. The highest BCUT2D eigenvalue weighted by atomic mass is 16.8. The number of rotatable bonds is 13. The number of para-hydroxylation sites is 1. The van der Waals surface area contributed by atoms with Crippen LogP contribution in [0.1, 0.15) is 60.5 Å². The Kier molecular flexibility index (Phi) is 9.79. The minimum Gasteiger partial charge on any atom is -0.508 e. The fourth-order valence-corrected chi connectivity index (χ4v) is 6.48. The van der Waals surface area contributed by atoms with E-state index in [0.717, 1.165) is 36.8 Å². The van der Waals surface area contributed by atoms with Crippen LogP contribution >= 0.6 is 0 Å². The summed E-state index contributed by atoms with van der Waals surface area (Å²) in [6.07, 6.45) is 6.66. The Bertz CT molecular complexity index is 1530. The number of hydrogen-bond donors (Lipinski definition) is 5. The zero-order chi connectivity index (χ0) is 33.1. The predicted octanol–water partition coefficient (Wildman–Crippen LogP) is 2.78. The Hall–Kier alpha value is -4.03. The maximum absolute atomic E-state index is 13.6. The minimum absolute atomic E-state index is 0.0222. The van der Waals surface area contributed by atoms with E-state index in [2.05, 4.69) is 10.6 Å². The van der Waals surface area contributed by atoms with E-state index in [0.29, 0.717) is 12.0 Å². The second-order valence-electron chi connectivity index (χ2n) is 12.8. The standard InChI is InChI=1S/C36H42N2O9/c1-21(40)31(34(43)37-16-17-39)38-33(42)25-19-29(32-30(20-25)46-36(47-32,26-12-13-26)27-14-15-27)45-35(44)24-10-5-7-22(18-24)6-4-9-23-8-2-3-11-28(23)41/h2-8,10-11,18,20-21,26-27,29-32,39-41H,9,12-17,19H2,1H3,(H,37,43)(H,38,42). The highest BCUT2D eigenvalue weighted by Gasteiger charge is 2.64. The molecule has 2 saturated carbocycles. The van der Waals surface area contributed by atoms with E-state index in [1.807, 2.05) is 30.4 Å². The highest BCUT2D eigenvalue weighted by Crippen LogP contribution is 2.59. The molecule has 1 saturated heterocycles. The third-order valence-electron chi connectivity index (χ3n) is 9.18. The summed E-state index contributed by atoms with van der Waals surface area (Å²) in [5.74, 6) is -1.85. The number of benzene rings is 2. The number of esters is 1. The Morgan fingerprint density at radius 3 is 2.49 bits per heavy atom. The summed E-state index contributed by atoms with van der Waals surface area (Å²) >= 11 is 0. The molecule has 11 nitrogen and oxygen atoms in total. The van der Waals surface area contributed by atoms with Crippen LogP contribution in [0.5, 0.6) is 5.75 Å². The van der Waals surface area contributed by atoms with Gasteiger partial charge >= 0.3 is 5.97 Å². The molecule has 47 heavy (non-hydrogen) atoms. The van der Waals surface area contributed by atoms with Crippen LogP contribution in [0.3, 0.4) is 0 Å². The Morgan fingerprint density at radius 2 is 1.81 bits per heavy atom. The average Bonchev–Trinajstić information content (AvgIpc) is 4.00. The first-order chi connectivity index (χ1) is 22.7. The van der Waals surface area contributed by atoms with Gasteiger partial charge in [-0.3, -0.25) is 9.59 Å². The molecule has 6 rings (SSSR count). The number of allylic oxidation sites excluding steroid dienone is 1. The fourth-order valence-electron chi connectivity index (χ4n) is 6.48. The first-order valence-electron chi connectivity index (χ1n) is 16.4. The van der Waals surface area contributed by atoms with Crippen molar-refractivity contribution in [3.63, 3.8) is 0 Å². The number of aromatic hydroxyl groups is 1. The summed E-state index contributed by atoms with van der Waals surface area (Å²) in [6.45, 7) is 1.08. The molecule has 3 aliphatic carbocycles. The summed E-state index contributed by atoms with van der Waals surface area (Å²) < 4.78 is 19.4. The van der Waals surface area contributed by atoms with Crippen molar-refractivity contribution < 1.29 is 43.9 Å². The van der Waals surface area contributed by atoms with Gasteiger partial charge in [-0.15, -0.1) is 0 Å². The van der Waals surface area contributed by atoms with Gasteiger partial charge in [0.15, 0.2) is 5.79 Å². The van der Waals surface area contributed by atoms with Crippen LogP contribution in [0, 0.1) is 11.8 Å². The lowest BCUT2D eigenvalue weighted by Crippen LogP contribution is -2.54. The van der Waals surface area contributed by atoms with Gasteiger partial charge in [-0.1, -0.05) is 42.5 Å². The monoisotopic (exact) mass is 646 g/mol. The molecule has 5 unspecified atom stereocenters. The number of phenols is 1. The smallest absolute Gasteiger partial charge is 0.338 e. The van der Waals surface area contributed by atoms with E-state index in [4.69, 9.17) is 19.3 Å². The number of aliphatic hydroxyl groups is 2. The number of carbonyl (C=O) groups is 3. The van der Waals surface area contributed by atoms with Gasteiger partial charge in [0.25, 0.3) is 0 Å². The Labute approximate surface area is 273 Å². The summed E-state index contributed by atoms with van der Waals surface area (Å²) in [6, 6.07) is 12.9. The Balaban J connectivity index is 1.19. The van der Waals surface area contributed by atoms with Crippen LogP contribution in [0.4, 0.5) is 0 Å². The van der Waals surface area contributed by atoms with Gasteiger partial charge in [-0.25, -0.2) is 4.79 Å². The van der Waals surface area contributed by atoms with Crippen molar-refractivity contribution in [2.75, 3.05) is 13.2 Å². The van der Waals surface area contributed by atoms with Crippen molar-refractivity contribution in [2.24, 2.45) is 11.8 Å². The minimum atomic E-state index is -1.26. The van der Waals surface area contributed by atoms with Gasteiger partial charge in [0.1, 0.15) is 30.1 Å². The van der Waals surface area contributed by atoms with Crippen LogP contribution in [-0.2, 0) is 30.2 Å². The maximum Gasteiger partial charge on any atom is 0.338 e. The van der Waals surface area contributed by atoms with Crippen LogP contribution in [0.15, 0.2) is 66.3 Å². The van der Waals surface area contributed by atoms with Gasteiger partial charge in [0, 0.05) is 30.4 Å². The molecular weight excluding hydrogens is 604 g/mol. The van der Waals surface area contributed by atoms with Crippen molar-refractivity contribution in [1.29, 1.82) is 0 Å². The zero-order valence-corrected chi connectivity index (χ0v) is 26.3. The molecule has 1 aliphatic heterocycles. The molecule has 4 aliphatic rings. The second-order valence-corrected chi connectivity index (χ2v) is 12.8. The summed E-state index contributed by atoms with van der Waals surface area (Å²) in [5.41, 5.74) is 2.16. The normalized spacial score (nSPS) is 24.6. The van der Waals surface area contributed by atoms with Crippen LogP contribution in [0.2, 0.25) is 0 Å². The molecule has 5 N–H and O–H groups in total. The third kappa shape index (κ3) is 7.43. The van der Waals surface area contributed by atoms with Crippen molar-refractivity contribution in [2.45, 2.75) is 81.7 Å². The molecule has 0 radical (unpaired) electrons. The molecule has 11 heteroatoms. The van der Waals surface area contributed by atoms with E-state index >= 15 is 0 Å². The Morgan fingerprint density at radius 1 is 1.06 bits per heavy atom. The molecule has 0 aromatic heterocycles. The average molecular weight is 647 g/mol. The van der Waals surface area contributed by atoms with Gasteiger partial charge in [-0.05, 0) is 74.4 Å². The first kappa shape index (κ1) is 32.9. The van der Waals surface area contributed by atoms with Gasteiger partial charge in [0.05, 0.1) is 18.3 Å². The number of fused-ring (bicyclic) bond motifs is 1. The molecule has 2 aromatic carbocycles. The van der Waals surface area contributed by atoms with Crippen LogP contribution in [-0.4, -0.2) is 82.5 Å². The number of nitrogens with one attached hydrogen (secondary N) is 2. The summed E-state index contributed by atoms with van der Waals surface area (Å²) in [5, 5.41) is 34.4. The number of amides is 2. The number of ether oxygens (including phenoxy) is 3. The lowest BCUT2D eigenvalue weighted by Gasteiger charge is -2.31. The quantitative estimate of drug-likeness (QED) is 0.206. The molecule has 250 valence electrons. The van der Waals surface area contributed by atoms with Crippen LogP contribution < -0.4 is 10.6 Å². The topological polar surface area (TPSA) is 164 Å². The van der Waals surface area contributed by atoms with Crippen molar-refractivity contribution in [3.05, 3.63) is 82.9 Å². The van der Waals surface area contributed by atoms with Crippen LogP contribution in [0.25, 0.3) is 6.08 Å². The number of phenolic OH excluding ortho intramolecular Hbond substituents is 1. The highest BCUT2D eigenvalue weighted by molar-refractivity contribution is 5.97.